The Balaban J connectivity index is 2.05. The lowest BCUT2D eigenvalue weighted by atomic mass is 10.1. The van der Waals surface area contributed by atoms with Gasteiger partial charge in [0.1, 0.15) is 0 Å². The second-order valence-corrected chi connectivity index (χ2v) is 4.64. The predicted molar refractivity (Wildman–Crippen MR) is 70.9 cm³/mol. The zero-order chi connectivity index (χ0) is 13.1. The molecule has 1 aromatic rings. The molecule has 1 atom stereocenters. The molecule has 0 spiro atoms. The minimum absolute atomic E-state index is 0.0188. The number of hydrogen-bond donors (Lipinski definition) is 2. The molecule has 3 N–H and O–H groups in total. The normalized spacial score (nSPS) is 17.7. The highest BCUT2D eigenvalue weighted by Crippen LogP contribution is 2.20. The SMILES string of the molecule is CC(N)c1cccc(N2CCN(C(=O)O)CC2)c1. The van der Waals surface area contributed by atoms with Gasteiger partial charge in [-0.1, -0.05) is 12.1 Å². The van der Waals surface area contributed by atoms with E-state index in [4.69, 9.17) is 10.8 Å². The first-order chi connectivity index (χ1) is 8.58. The van der Waals surface area contributed by atoms with Gasteiger partial charge in [0.25, 0.3) is 0 Å². The van der Waals surface area contributed by atoms with Crippen molar-refractivity contribution in [2.75, 3.05) is 31.1 Å². The number of hydrogen-bond acceptors (Lipinski definition) is 3. The average molecular weight is 249 g/mol. The minimum Gasteiger partial charge on any atom is -0.465 e. The molecule has 98 valence electrons. The first-order valence-electron chi connectivity index (χ1n) is 6.16. The quantitative estimate of drug-likeness (QED) is 0.833. The van der Waals surface area contributed by atoms with Gasteiger partial charge in [-0.25, -0.2) is 4.79 Å². The van der Waals surface area contributed by atoms with Gasteiger partial charge < -0.3 is 20.6 Å². The monoisotopic (exact) mass is 249 g/mol. The minimum atomic E-state index is -0.834. The van der Waals surface area contributed by atoms with Crippen LogP contribution in [0.15, 0.2) is 24.3 Å². The number of nitrogens with zero attached hydrogens (tertiary/aromatic N) is 2. The van der Waals surface area contributed by atoms with Crippen LogP contribution >= 0.6 is 0 Å². The summed E-state index contributed by atoms with van der Waals surface area (Å²) >= 11 is 0. The lowest BCUT2D eigenvalue weighted by Crippen LogP contribution is -2.48. The van der Waals surface area contributed by atoms with Gasteiger partial charge in [0.15, 0.2) is 0 Å². The fraction of sp³-hybridized carbons (Fsp3) is 0.462. The molecule has 0 radical (unpaired) electrons. The Kier molecular flexibility index (Phi) is 3.72. The maximum Gasteiger partial charge on any atom is 0.407 e. The fourth-order valence-electron chi connectivity index (χ4n) is 2.16. The van der Waals surface area contributed by atoms with E-state index >= 15 is 0 Å². The van der Waals surface area contributed by atoms with E-state index in [0.29, 0.717) is 13.1 Å². The Hall–Kier alpha value is -1.75. The topological polar surface area (TPSA) is 69.8 Å². The van der Waals surface area contributed by atoms with Crippen molar-refractivity contribution in [3.8, 4) is 0 Å². The van der Waals surface area contributed by atoms with Gasteiger partial charge in [0.05, 0.1) is 0 Å². The summed E-state index contributed by atoms with van der Waals surface area (Å²) in [5.41, 5.74) is 8.09. The summed E-state index contributed by atoms with van der Waals surface area (Å²) in [6.45, 7) is 4.53. The van der Waals surface area contributed by atoms with Gasteiger partial charge in [-0.3, -0.25) is 0 Å². The van der Waals surface area contributed by atoms with E-state index in [1.807, 2.05) is 25.1 Å². The van der Waals surface area contributed by atoms with Crippen LogP contribution < -0.4 is 10.6 Å². The van der Waals surface area contributed by atoms with Gasteiger partial charge in [-0.05, 0) is 24.6 Å². The summed E-state index contributed by atoms with van der Waals surface area (Å²) in [4.78, 5) is 14.5. The van der Waals surface area contributed by atoms with Gasteiger partial charge >= 0.3 is 6.09 Å². The van der Waals surface area contributed by atoms with Crippen molar-refractivity contribution in [3.63, 3.8) is 0 Å². The van der Waals surface area contributed by atoms with E-state index in [1.54, 1.807) is 0 Å². The Morgan fingerprint density at radius 2 is 2.00 bits per heavy atom. The van der Waals surface area contributed by atoms with Crippen LogP contribution in [0, 0.1) is 0 Å². The molecule has 1 amide bonds. The Morgan fingerprint density at radius 3 is 2.56 bits per heavy atom. The van der Waals surface area contributed by atoms with Crippen LogP contribution in [0.4, 0.5) is 10.5 Å². The highest BCUT2D eigenvalue weighted by molar-refractivity contribution is 5.65. The zero-order valence-corrected chi connectivity index (χ0v) is 10.5. The lowest BCUT2D eigenvalue weighted by molar-refractivity contribution is 0.142. The smallest absolute Gasteiger partial charge is 0.407 e. The molecule has 2 rings (SSSR count). The molecule has 18 heavy (non-hydrogen) atoms. The Morgan fingerprint density at radius 1 is 1.33 bits per heavy atom. The molecule has 0 aliphatic carbocycles. The van der Waals surface area contributed by atoms with Crippen LogP contribution in [0.5, 0.6) is 0 Å². The first kappa shape index (κ1) is 12.7. The molecule has 1 unspecified atom stereocenters. The van der Waals surface area contributed by atoms with Crippen LogP contribution in [-0.2, 0) is 0 Å². The van der Waals surface area contributed by atoms with Crippen LogP contribution in [0.25, 0.3) is 0 Å². The Labute approximate surface area is 107 Å². The maximum absolute atomic E-state index is 10.8. The zero-order valence-electron chi connectivity index (χ0n) is 10.5. The number of carboxylic acid groups (broad SMARTS) is 1. The van der Waals surface area contributed by atoms with Gasteiger partial charge in [0, 0.05) is 37.9 Å². The van der Waals surface area contributed by atoms with E-state index in [-0.39, 0.29) is 6.04 Å². The van der Waals surface area contributed by atoms with E-state index in [0.717, 1.165) is 24.3 Å². The fourth-order valence-corrected chi connectivity index (χ4v) is 2.16. The molecule has 1 heterocycles. The molecule has 1 saturated heterocycles. The van der Waals surface area contributed by atoms with Crippen molar-refractivity contribution < 1.29 is 9.90 Å². The number of piperazine rings is 1. The third-order valence-corrected chi connectivity index (χ3v) is 3.31. The summed E-state index contributed by atoms with van der Waals surface area (Å²) in [7, 11) is 0. The van der Waals surface area contributed by atoms with E-state index < -0.39 is 6.09 Å². The van der Waals surface area contributed by atoms with Crippen molar-refractivity contribution >= 4 is 11.8 Å². The molecule has 1 aliphatic heterocycles. The third-order valence-electron chi connectivity index (χ3n) is 3.31. The van der Waals surface area contributed by atoms with Gasteiger partial charge in [-0.2, -0.15) is 0 Å². The van der Waals surface area contributed by atoms with Crippen LogP contribution in [0.3, 0.4) is 0 Å². The molecular weight excluding hydrogens is 230 g/mol. The van der Waals surface area contributed by atoms with Gasteiger partial charge in [0.2, 0.25) is 0 Å². The second kappa shape index (κ2) is 5.27. The third kappa shape index (κ3) is 2.73. The van der Waals surface area contributed by atoms with Crippen molar-refractivity contribution in [1.82, 2.24) is 4.90 Å². The highest BCUT2D eigenvalue weighted by atomic mass is 16.4. The molecule has 0 aromatic heterocycles. The van der Waals surface area contributed by atoms with Crippen molar-refractivity contribution in [2.45, 2.75) is 13.0 Å². The highest BCUT2D eigenvalue weighted by Gasteiger charge is 2.20. The van der Waals surface area contributed by atoms with Crippen LogP contribution in [0.2, 0.25) is 0 Å². The summed E-state index contributed by atoms with van der Waals surface area (Å²) in [5.74, 6) is 0. The standard InChI is InChI=1S/C13H19N3O2/c1-10(14)11-3-2-4-12(9-11)15-5-7-16(8-6-15)13(17)18/h2-4,9-10H,5-8,14H2,1H3,(H,17,18). The number of benzene rings is 1. The summed E-state index contributed by atoms with van der Waals surface area (Å²) < 4.78 is 0. The Bertz CT molecular complexity index is 426. The molecule has 1 aliphatic rings. The van der Waals surface area contributed by atoms with E-state index in [2.05, 4.69) is 11.0 Å². The second-order valence-electron chi connectivity index (χ2n) is 4.64. The van der Waals surface area contributed by atoms with Crippen molar-refractivity contribution in [1.29, 1.82) is 0 Å². The van der Waals surface area contributed by atoms with Crippen molar-refractivity contribution in [2.24, 2.45) is 5.73 Å². The number of anilines is 1. The molecular formula is C13H19N3O2. The average Bonchev–Trinajstić information content (AvgIpc) is 2.39. The predicted octanol–water partition coefficient (Wildman–Crippen LogP) is 1.51. The summed E-state index contributed by atoms with van der Waals surface area (Å²) in [6.07, 6.45) is -0.834. The van der Waals surface area contributed by atoms with Gasteiger partial charge in [-0.15, -0.1) is 0 Å². The number of amides is 1. The maximum atomic E-state index is 10.8. The molecule has 0 saturated carbocycles. The lowest BCUT2D eigenvalue weighted by Gasteiger charge is -2.34. The summed E-state index contributed by atoms with van der Waals surface area (Å²) in [5, 5.41) is 8.90. The first-order valence-corrected chi connectivity index (χ1v) is 6.16. The molecule has 5 nitrogen and oxygen atoms in total. The summed E-state index contributed by atoms with van der Waals surface area (Å²) in [6, 6.07) is 8.16. The van der Waals surface area contributed by atoms with E-state index in [1.165, 1.54) is 4.90 Å². The molecule has 1 aromatic carbocycles. The molecule has 0 bridgehead atoms. The largest absolute Gasteiger partial charge is 0.465 e. The van der Waals surface area contributed by atoms with Crippen molar-refractivity contribution in [3.05, 3.63) is 29.8 Å². The van der Waals surface area contributed by atoms with E-state index in [9.17, 15) is 4.79 Å². The number of carbonyl (C=O) groups is 1. The van der Waals surface area contributed by atoms with Crippen LogP contribution in [0.1, 0.15) is 18.5 Å². The van der Waals surface area contributed by atoms with Crippen LogP contribution in [-0.4, -0.2) is 42.3 Å². The molecule has 5 heteroatoms. The number of rotatable bonds is 2. The molecule has 1 fully saturated rings. The number of nitrogens with two attached hydrogens (primary N) is 1.